The van der Waals surface area contributed by atoms with Crippen LogP contribution in [0.1, 0.15) is 18.9 Å². The molecular formula is C25H15Cl4N3O3. The maximum absolute atomic E-state index is 13.0. The third-order valence-corrected chi connectivity index (χ3v) is 6.15. The molecule has 0 saturated heterocycles. The van der Waals surface area contributed by atoms with Crippen LogP contribution in [0.25, 0.3) is 11.0 Å². The minimum absolute atomic E-state index is 0.0109. The SMILES string of the molecule is CCC(=O)C(C#N)(Oc1cc(Oc2cnc3cc(Cl)ccc3n2)ccc1Cl)c1ccc(Cl)cc1Cl. The van der Waals surface area contributed by atoms with Gasteiger partial charge in [0.15, 0.2) is 5.78 Å². The summed E-state index contributed by atoms with van der Waals surface area (Å²) in [6.45, 7) is 1.62. The summed E-state index contributed by atoms with van der Waals surface area (Å²) in [6, 6.07) is 16.1. The van der Waals surface area contributed by atoms with Crippen LogP contribution >= 0.6 is 46.4 Å². The number of carbonyl (C=O) groups excluding carboxylic acids is 1. The standard InChI is InChI=1S/C25H15Cl4N3O3/c1-2-23(33)25(13-30,17-6-3-14(26)9-19(17)29)35-22-11-16(5-7-18(22)28)34-24-12-31-21-10-15(27)4-8-20(21)32-24/h3-12H,2H2,1H3. The molecule has 0 spiro atoms. The molecule has 0 bridgehead atoms. The number of Topliss-reactive ketones (excluding diaryl/α,β-unsaturated/α-hetero) is 1. The number of carbonyl (C=O) groups is 1. The molecule has 176 valence electrons. The van der Waals surface area contributed by atoms with Crippen LogP contribution in [-0.4, -0.2) is 15.8 Å². The molecule has 4 aromatic rings. The zero-order chi connectivity index (χ0) is 25.2. The van der Waals surface area contributed by atoms with Crippen LogP contribution in [0.3, 0.4) is 0 Å². The first-order chi connectivity index (χ1) is 16.8. The highest BCUT2D eigenvalue weighted by Gasteiger charge is 2.44. The quantitative estimate of drug-likeness (QED) is 0.235. The topological polar surface area (TPSA) is 85.1 Å². The number of aromatic nitrogens is 2. The fraction of sp³-hybridized carbons (Fsp3) is 0.120. The van der Waals surface area contributed by atoms with Crippen molar-refractivity contribution in [2.75, 3.05) is 0 Å². The largest absolute Gasteiger partial charge is 0.459 e. The minimum Gasteiger partial charge on any atom is -0.459 e. The van der Waals surface area contributed by atoms with Gasteiger partial charge in [-0.2, -0.15) is 5.26 Å². The molecular weight excluding hydrogens is 532 g/mol. The lowest BCUT2D eigenvalue weighted by Crippen LogP contribution is -2.40. The molecule has 0 aliphatic heterocycles. The highest BCUT2D eigenvalue weighted by Crippen LogP contribution is 2.40. The number of benzene rings is 3. The number of ether oxygens (including phenoxy) is 2. The van der Waals surface area contributed by atoms with Gasteiger partial charge >= 0.3 is 0 Å². The van der Waals surface area contributed by atoms with Gasteiger partial charge in [0, 0.05) is 28.1 Å². The van der Waals surface area contributed by atoms with E-state index in [2.05, 4.69) is 9.97 Å². The molecule has 6 nitrogen and oxygen atoms in total. The van der Waals surface area contributed by atoms with E-state index in [9.17, 15) is 10.1 Å². The molecule has 35 heavy (non-hydrogen) atoms. The molecule has 3 aromatic carbocycles. The molecule has 0 aliphatic carbocycles. The average molecular weight is 547 g/mol. The first kappa shape index (κ1) is 25.0. The Kier molecular flexibility index (Phi) is 7.34. The number of nitrogens with zero attached hydrogens (tertiary/aromatic N) is 3. The van der Waals surface area contributed by atoms with E-state index in [1.807, 2.05) is 6.07 Å². The Morgan fingerprint density at radius 3 is 2.43 bits per heavy atom. The third kappa shape index (κ3) is 5.14. The molecule has 0 aliphatic rings. The predicted octanol–water partition coefficient (Wildman–Crippen LogP) is 7.81. The second-order valence-electron chi connectivity index (χ2n) is 7.33. The highest BCUT2D eigenvalue weighted by atomic mass is 35.5. The number of fused-ring (bicyclic) bond motifs is 1. The van der Waals surface area contributed by atoms with Gasteiger partial charge in [-0.05, 0) is 42.5 Å². The van der Waals surface area contributed by atoms with Gasteiger partial charge in [-0.25, -0.2) is 9.97 Å². The maximum atomic E-state index is 13.0. The van der Waals surface area contributed by atoms with Crippen molar-refractivity contribution in [2.24, 2.45) is 0 Å². The van der Waals surface area contributed by atoms with Crippen molar-refractivity contribution in [1.29, 1.82) is 5.26 Å². The molecule has 1 aromatic heterocycles. The second kappa shape index (κ2) is 10.3. The Morgan fingerprint density at radius 2 is 1.71 bits per heavy atom. The summed E-state index contributed by atoms with van der Waals surface area (Å²) < 4.78 is 11.8. The summed E-state index contributed by atoms with van der Waals surface area (Å²) in [5.74, 6) is 0.0414. The van der Waals surface area contributed by atoms with Gasteiger partial charge < -0.3 is 9.47 Å². The zero-order valence-corrected chi connectivity index (χ0v) is 21.1. The van der Waals surface area contributed by atoms with Crippen molar-refractivity contribution in [3.05, 3.63) is 86.4 Å². The Morgan fingerprint density at radius 1 is 0.971 bits per heavy atom. The number of rotatable bonds is 7. The van der Waals surface area contributed by atoms with Crippen LogP contribution in [-0.2, 0) is 10.4 Å². The molecule has 10 heteroatoms. The Labute approximate surface area is 220 Å². The van der Waals surface area contributed by atoms with Crippen LogP contribution in [0.5, 0.6) is 17.4 Å². The predicted molar refractivity (Wildman–Crippen MR) is 136 cm³/mol. The van der Waals surface area contributed by atoms with E-state index >= 15 is 0 Å². The summed E-state index contributed by atoms with van der Waals surface area (Å²) in [5, 5.41) is 11.3. The van der Waals surface area contributed by atoms with Crippen molar-refractivity contribution in [3.63, 3.8) is 0 Å². The van der Waals surface area contributed by atoms with E-state index in [-0.39, 0.29) is 33.7 Å². The number of hydrogen-bond donors (Lipinski definition) is 0. The molecule has 1 heterocycles. The molecule has 0 radical (unpaired) electrons. The van der Waals surface area contributed by atoms with Gasteiger partial charge in [0.25, 0.3) is 5.60 Å². The van der Waals surface area contributed by atoms with E-state index in [1.54, 1.807) is 31.2 Å². The first-order valence-corrected chi connectivity index (χ1v) is 11.8. The lowest BCUT2D eigenvalue weighted by molar-refractivity contribution is -0.130. The summed E-state index contributed by atoms with van der Waals surface area (Å²) in [7, 11) is 0. The molecule has 4 rings (SSSR count). The number of nitriles is 1. The van der Waals surface area contributed by atoms with Crippen molar-refractivity contribution < 1.29 is 14.3 Å². The molecule has 0 fully saturated rings. The Hall–Kier alpha value is -3.08. The van der Waals surface area contributed by atoms with Gasteiger partial charge in [-0.1, -0.05) is 59.4 Å². The second-order valence-corrected chi connectivity index (χ2v) is 9.02. The van der Waals surface area contributed by atoms with Gasteiger partial charge in [0.05, 0.1) is 27.3 Å². The summed E-state index contributed by atoms with van der Waals surface area (Å²) in [4.78, 5) is 21.7. The van der Waals surface area contributed by atoms with Crippen LogP contribution in [0.15, 0.2) is 60.8 Å². The normalized spacial score (nSPS) is 12.6. The molecule has 1 unspecified atom stereocenters. The lowest BCUT2D eigenvalue weighted by Gasteiger charge is -2.28. The lowest BCUT2D eigenvalue weighted by atomic mass is 9.89. The van der Waals surface area contributed by atoms with Gasteiger partial charge in [-0.15, -0.1) is 0 Å². The van der Waals surface area contributed by atoms with Crippen LogP contribution in [0.4, 0.5) is 0 Å². The van der Waals surface area contributed by atoms with Crippen molar-refractivity contribution in [3.8, 4) is 23.4 Å². The monoisotopic (exact) mass is 545 g/mol. The number of ketones is 1. The molecule has 0 saturated carbocycles. The summed E-state index contributed by atoms with van der Waals surface area (Å²) >= 11 is 24.7. The van der Waals surface area contributed by atoms with Gasteiger partial charge in [-0.3, -0.25) is 4.79 Å². The van der Waals surface area contributed by atoms with E-state index in [1.165, 1.54) is 36.5 Å². The fourth-order valence-electron chi connectivity index (χ4n) is 3.36. The van der Waals surface area contributed by atoms with Crippen LogP contribution in [0, 0.1) is 11.3 Å². The van der Waals surface area contributed by atoms with Crippen LogP contribution in [0.2, 0.25) is 20.1 Å². The van der Waals surface area contributed by atoms with E-state index in [4.69, 9.17) is 55.9 Å². The average Bonchev–Trinajstić information content (AvgIpc) is 2.84. The van der Waals surface area contributed by atoms with Crippen molar-refractivity contribution >= 4 is 63.2 Å². The van der Waals surface area contributed by atoms with Crippen molar-refractivity contribution in [1.82, 2.24) is 9.97 Å². The smallest absolute Gasteiger partial charge is 0.278 e. The highest BCUT2D eigenvalue weighted by molar-refractivity contribution is 6.35. The van der Waals surface area contributed by atoms with E-state index in [0.29, 0.717) is 26.8 Å². The van der Waals surface area contributed by atoms with E-state index in [0.717, 1.165) is 0 Å². The fourth-order valence-corrected chi connectivity index (χ4v) is 4.22. The third-order valence-electron chi connectivity index (χ3n) is 5.05. The molecule has 1 atom stereocenters. The summed E-state index contributed by atoms with van der Waals surface area (Å²) in [6.07, 6.45) is 1.46. The maximum Gasteiger partial charge on any atom is 0.278 e. The Bertz CT molecular complexity index is 1490. The Balaban J connectivity index is 1.72. The summed E-state index contributed by atoms with van der Waals surface area (Å²) in [5.41, 5.74) is -0.700. The van der Waals surface area contributed by atoms with Crippen molar-refractivity contribution in [2.45, 2.75) is 18.9 Å². The zero-order valence-electron chi connectivity index (χ0n) is 18.1. The number of hydrogen-bond acceptors (Lipinski definition) is 6. The van der Waals surface area contributed by atoms with Gasteiger partial charge in [0.2, 0.25) is 5.88 Å². The van der Waals surface area contributed by atoms with Crippen LogP contribution < -0.4 is 9.47 Å². The number of halogens is 4. The first-order valence-electron chi connectivity index (χ1n) is 10.2. The molecule has 0 N–H and O–H groups in total. The minimum atomic E-state index is -2.05. The van der Waals surface area contributed by atoms with E-state index < -0.39 is 11.4 Å². The van der Waals surface area contributed by atoms with Gasteiger partial charge in [0.1, 0.15) is 17.6 Å². The molecule has 0 amide bonds.